The van der Waals surface area contributed by atoms with Gasteiger partial charge in [0.25, 0.3) is 11.8 Å². The first-order valence-corrected chi connectivity index (χ1v) is 9.35. The van der Waals surface area contributed by atoms with Crippen molar-refractivity contribution in [1.82, 2.24) is 5.32 Å². The number of ether oxygens (including phenoxy) is 1. The largest absolute Gasteiger partial charge is 0.497 e. The predicted molar refractivity (Wildman–Crippen MR) is 107 cm³/mol. The summed E-state index contributed by atoms with van der Waals surface area (Å²) >= 11 is 1.44. The maximum Gasteiger partial charge on any atom is 0.265 e. The molecule has 5 nitrogen and oxygen atoms in total. The van der Waals surface area contributed by atoms with Gasteiger partial charge in [0.15, 0.2) is 0 Å². The summed E-state index contributed by atoms with van der Waals surface area (Å²) in [5, 5.41) is 5.67. The van der Waals surface area contributed by atoms with E-state index in [9.17, 15) is 9.59 Å². The van der Waals surface area contributed by atoms with Crippen molar-refractivity contribution in [1.29, 1.82) is 0 Å². The molecule has 0 fully saturated rings. The lowest BCUT2D eigenvalue weighted by Gasteiger charge is -2.07. The molecule has 0 atom stereocenters. The quantitative estimate of drug-likeness (QED) is 0.714. The molecule has 0 aliphatic carbocycles. The normalized spacial score (nSPS) is 12.4. The molecule has 0 saturated heterocycles. The summed E-state index contributed by atoms with van der Waals surface area (Å²) in [6.07, 6.45) is 0. The molecule has 2 amide bonds. The van der Waals surface area contributed by atoms with E-state index in [1.54, 1.807) is 13.2 Å². The van der Waals surface area contributed by atoms with E-state index in [1.165, 1.54) is 11.3 Å². The van der Waals surface area contributed by atoms with Crippen molar-refractivity contribution in [3.05, 3.63) is 69.4 Å². The van der Waals surface area contributed by atoms with Crippen LogP contribution in [-0.2, 0) is 6.54 Å². The standard InChI is InChI=1S/C21H18N2O3S/c1-12-16(13-6-8-15(26-2)9-7-13)10-18(27-12)20(24)23-17-5-3-4-14-11-22-21(25)19(14)17/h3-10H,11H2,1-2H3,(H,22,25)(H,23,24). The maximum absolute atomic E-state index is 12.8. The third kappa shape index (κ3) is 3.19. The van der Waals surface area contributed by atoms with Gasteiger partial charge in [0.2, 0.25) is 0 Å². The highest BCUT2D eigenvalue weighted by Crippen LogP contribution is 2.33. The zero-order valence-corrected chi connectivity index (χ0v) is 15.8. The van der Waals surface area contributed by atoms with Crippen LogP contribution in [-0.4, -0.2) is 18.9 Å². The number of carbonyl (C=O) groups excluding carboxylic acids is 2. The van der Waals surface area contributed by atoms with Crippen LogP contribution in [0.5, 0.6) is 5.75 Å². The Kier molecular flexibility index (Phi) is 4.41. The lowest BCUT2D eigenvalue weighted by Crippen LogP contribution is -2.16. The van der Waals surface area contributed by atoms with Gasteiger partial charge < -0.3 is 15.4 Å². The van der Waals surface area contributed by atoms with Crippen molar-refractivity contribution < 1.29 is 14.3 Å². The Morgan fingerprint density at radius 2 is 1.96 bits per heavy atom. The van der Waals surface area contributed by atoms with Crippen molar-refractivity contribution in [2.45, 2.75) is 13.5 Å². The van der Waals surface area contributed by atoms with E-state index in [-0.39, 0.29) is 11.8 Å². The van der Waals surface area contributed by atoms with Crippen LogP contribution >= 0.6 is 11.3 Å². The summed E-state index contributed by atoms with van der Waals surface area (Å²) in [6, 6.07) is 15.1. The molecule has 6 heteroatoms. The molecule has 0 unspecified atom stereocenters. The summed E-state index contributed by atoms with van der Waals surface area (Å²) in [5.41, 5.74) is 4.05. The molecule has 1 aliphatic rings. The number of thiophene rings is 1. The van der Waals surface area contributed by atoms with Gasteiger partial charge >= 0.3 is 0 Å². The van der Waals surface area contributed by atoms with Crippen molar-refractivity contribution in [3.8, 4) is 16.9 Å². The Morgan fingerprint density at radius 1 is 1.19 bits per heavy atom. The fourth-order valence-corrected chi connectivity index (χ4v) is 4.16. The highest BCUT2D eigenvalue weighted by molar-refractivity contribution is 7.14. The van der Waals surface area contributed by atoms with Gasteiger partial charge in [-0.05, 0) is 47.9 Å². The molecule has 0 radical (unpaired) electrons. The van der Waals surface area contributed by atoms with E-state index in [0.717, 1.165) is 27.3 Å². The topological polar surface area (TPSA) is 67.4 Å². The fraction of sp³-hybridized carbons (Fsp3) is 0.143. The average molecular weight is 378 g/mol. The second kappa shape index (κ2) is 6.89. The SMILES string of the molecule is COc1ccc(-c2cc(C(=O)Nc3cccc4c3C(=O)NC4)sc2C)cc1. The van der Waals surface area contributed by atoms with Gasteiger partial charge in [-0.2, -0.15) is 0 Å². The summed E-state index contributed by atoms with van der Waals surface area (Å²) in [4.78, 5) is 26.5. The van der Waals surface area contributed by atoms with Gasteiger partial charge in [0.05, 0.1) is 23.2 Å². The smallest absolute Gasteiger partial charge is 0.265 e. The van der Waals surface area contributed by atoms with Gasteiger partial charge in [0, 0.05) is 11.4 Å². The summed E-state index contributed by atoms with van der Waals surface area (Å²) in [7, 11) is 1.63. The summed E-state index contributed by atoms with van der Waals surface area (Å²) in [6.45, 7) is 2.49. The van der Waals surface area contributed by atoms with Gasteiger partial charge in [-0.1, -0.05) is 24.3 Å². The molecule has 1 aliphatic heterocycles. The van der Waals surface area contributed by atoms with Crippen molar-refractivity contribution in [2.24, 2.45) is 0 Å². The van der Waals surface area contributed by atoms with Gasteiger partial charge in [-0.15, -0.1) is 11.3 Å². The zero-order valence-electron chi connectivity index (χ0n) is 15.0. The number of anilines is 1. The zero-order chi connectivity index (χ0) is 19.0. The van der Waals surface area contributed by atoms with E-state index < -0.39 is 0 Å². The molecule has 1 aromatic heterocycles. The molecular weight excluding hydrogens is 360 g/mol. The van der Waals surface area contributed by atoms with Crippen LogP contribution in [0, 0.1) is 6.92 Å². The van der Waals surface area contributed by atoms with Crippen molar-refractivity contribution in [2.75, 3.05) is 12.4 Å². The van der Waals surface area contributed by atoms with Crippen LogP contribution < -0.4 is 15.4 Å². The lowest BCUT2D eigenvalue weighted by molar-refractivity contribution is 0.0966. The third-order valence-corrected chi connectivity index (χ3v) is 5.66. The Morgan fingerprint density at radius 3 is 2.70 bits per heavy atom. The molecule has 136 valence electrons. The van der Waals surface area contributed by atoms with Crippen LogP contribution in [0.1, 0.15) is 30.5 Å². The predicted octanol–water partition coefficient (Wildman–Crippen LogP) is 4.23. The van der Waals surface area contributed by atoms with E-state index in [4.69, 9.17) is 4.74 Å². The maximum atomic E-state index is 12.8. The molecule has 27 heavy (non-hydrogen) atoms. The van der Waals surface area contributed by atoms with Crippen molar-refractivity contribution in [3.63, 3.8) is 0 Å². The molecule has 2 N–H and O–H groups in total. The third-order valence-electron chi connectivity index (χ3n) is 4.61. The number of nitrogens with one attached hydrogen (secondary N) is 2. The summed E-state index contributed by atoms with van der Waals surface area (Å²) < 4.78 is 5.20. The highest BCUT2D eigenvalue weighted by atomic mass is 32.1. The molecular formula is C21H18N2O3S. The fourth-order valence-electron chi connectivity index (χ4n) is 3.22. The van der Waals surface area contributed by atoms with Crippen LogP contribution in [0.3, 0.4) is 0 Å². The van der Waals surface area contributed by atoms with Crippen LogP contribution in [0.25, 0.3) is 11.1 Å². The van der Waals surface area contributed by atoms with Crippen LogP contribution in [0.15, 0.2) is 48.5 Å². The number of hydrogen-bond donors (Lipinski definition) is 2. The molecule has 0 bridgehead atoms. The monoisotopic (exact) mass is 378 g/mol. The molecule has 0 spiro atoms. The number of aryl methyl sites for hydroxylation is 1. The van der Waals surface area contributed by atoms with E-state index >= 15 is 0 Å². The summed E-state index contributed by atoms with van der Waals surface area (Å²) in [5.74, 6) is 0.430. The number of methoxy groups -OCH3 is 1. The minimum absolute atomic E-state index is 0.151. The Bertz CT molecular complexity index is 1040. The first-order chi connectivity index (χ1) is 13.1. The van der Waals surface area contributed by atoms with Gasteiger partial charge in [-0.3, -0.25) is 9.59 Å². The molecule has 2 heterocycles. The van der Waals surface area contributed by atoms with E-state index in [2.05, 4.69) is 10.6 Å². The van der Waals surface area contributed by atoms with Gasteiger partial charge in [-0.25, -0.2) is 0 Å². The molecule has 0 saturated carbocycles. The lowest BCUT2D eigenvalue weighted by atomic mass is 10.1. The van der Waals surface area contributed by atoms with Crippen LogP contribution in [0.4, 0.5) is 5.69 Å². The number of rotatable bonds is 4. The minimum Gasteiger partial charge on any atom is -0.497 e. The van der Waals surface area contributed by atoms with E-state index in [0.29, 0.717) is 22.7 Å². The first kappa shape index (κ1) is 17.3. The number of amides is 2. The van der Waals surface area contributed by atoms with Gasteiger partial charge in [0.1, 0.15) is 5.75 Å². The Hall–Kier alpha value is -3.12. The number of benzene rings is 2. The van der Waals surface area contributed by atoms with E-state index in [1.807, 2.05) is 49.4 Å². The van der Waals surface area contributed by atoms with Crippen molar-refractivity contribution >= 4 is 28.8 Å². The number of hydrogen-bond acceptors (Lipinski definition) is 4. The average Bonchev–Trinajstić information content (AvgIpc) is 3.26. The van der Waals surface area contributed by atoms with Crippen LogP contribution in [0.2, 0.25) is 0 Å². The number of carbonyl (C=O) groups is 2. The second-order valence-electron chi connectivity index (χ2n) is 6.29. The highest BCUT2D eigenvalue weighted by Gasteiger charge is 2.24. The molecule has 4 rings (SSSR count). The second-order valence-corrected chi connectivity index (χ2v) is 7.54. The minimum atomic E-state index is -0.212. The molecule has 3 aromatic rings. The molecule has 2 aromatic carbocycles. The Labute approximate surface area is 161 Å². The first-order valence-electron chi connectivity index (χ1n) is 8.53. The Balaban J connectivity index is 1.61. The number of fused-ring (bicyclic) bond motifs is 1.